The van der Waals surface area contributed by atoms with Crippen LogP contribution in [-0.2, 0) is 14.3 Å². The third-order valence-electron chi connectivity index (χ3n) is 3.06. The number of rotatable bonds is 4. The van der Waals surface area contributed by atoms with E-state index in [1.807, 2.05) is 6.92 Å². The zero-order chi connectivity index (χ0) is 13.3. The van der Waals surface area contributed by atoms with E-state index in [0.29, 0.717) is 0 Å². The first-order valence-corrected chi connectivity index (χ1v) is 7.07. The van der Waals surface area contributed by atoms with Crippen LogP contribution in [-0.4, -0.2) is 20.9 Å². The number of hydrogen-bond donors (Lipinski definition) is 0. The van der Waals surface area contributed by atoms with Crippen molar-refractivity contribution in [3.8, 4) is 0 Å². The van der Waals surface area contributed by atoms with Crippen molar-refractivity contribution < 1.29 is 21.4 Å². The van der Waals surface area contributed by atoms with Crippen LogP contribution in [0.1, 0.15) is 18.4 Å². The maximum atomic E-state index is 12.2. The zero-order valence-electron chi connectivity index (χ0n) is 9.84. The molecule has 0 bridgehead atoms. The van der Waals surface area contributed by atoms with E-state index < -0.39 is 28.6 Å². The number of hydrogen-bond acceptors (Lipinski definition) is 3. The van der Waals surface area contributed by atoms with Gasteiger partial charge in [-0.05, 0) is 31.9 Å². The second-order valence-electron chi connectivity index (χ2n) is 4.55. The Bertz CT molecular complexity index is 505. The molecule has 100 valence electrons. The molecular formula is C12H14F2O3S. The van der Waals surface area contributed by atoms with E-state index in [0.717, 1.165) is 5.56 Å². The van der Waals surface area contributed by atoms with Gasteiger partial charge in [0, 0.05) is 5.92 Å². The van der Waals surface area contributed by atoms with E-state index in [1.54, 1.807) is 12.1 Å². The predicted octanol–water partition coefficient (Wildman–Crippen LogP) is 2.74. The summed E-state index contributed by atoms with van der Waals surface area (Å²) in [6, 6.07) is 6.24. The van der Waals surface area contributed by atoms with Gasteiger partial charge in [-0.25, -0.2) is 8.78 Å². The maximum absolute atomic E-state index is 12.2. The first kappa shape index (κ1) is 13.4. The molecule has 1 aliphatic rings. The van der Waals surface area contributed by atoms with Crippen molar-refractivity contribution in [1.82, 2.24) is 0 Å². The molecule has 0 spiro atoms. The van der Waals surface area contributed by atoms with Gasteiger partial charge >= 0.3 is 0 Å². The van der Waals surface area contributed by atoms with Gasteiger partial charge in [0.1, 0.15) is 0 Å². The average Bonchev–Trinajstić information content (AvgIpc) is 2.23. The van der Waals surface area contributed by atoms with Crippen molar-refractivity contribution in [1.29, 1.82) is 0 Å². The number of halogens is 2. The minimum absolute atomic E-state index is 0.0635. The molecule has 1 aromatic carbocycles. The molecular weight excluding hydrogens is 262 g/mol. The van der Waals surface area contributed by atoms with Gasteiger partial charge in [0.25, 0.3) is 10.1 Å². The fourth-order valence-electron chi connectivity index (χ4n) is 1.83. The lowest BCUT2D eigenvalue weighted by Gasteiger charge is -2.33. The summed E-state index contributed by atoms with van der Waals surface area (Å²) < 4.78 is 53.0. The molecule has 0 aromatic heterocycles. The Morgan fingerprint density at radius 2 is 1.78 bits per heavy atom. The number of aryl methyl sites for hydroxylation is 1. The molecule has 0 aliphatic heterocycles. The molecule has 0 radical (unpaired) electrons. The van der Waals surface area contributed by atoms with Crippen LogP contribution in [0, 0.1) is 12.8 Å². The smallest absolute Gasteiger partial charge is 0.263 e. The van der Waals surface area contributed by atoms with Crippen molar-refractivity contribution in [2.45, 2.75) is 37.2 Å². The van der Waals surface area contributed by atoms with Crippen molar-refractivity contribution in [2.75, 3.05) is 0 Å². The Labute approximate surface area is 105 Å². The Kier molecular flexibility index (Phi) is 3.68. The molecule has 1 saturated carbocycles. The van der Waals surface area contributed by atoms with Crippen LogP contribution in [0.5, 0.6) is 0 Å². The summed E-state index contributed by atoms with van der Waals surface area (Å²) in [5.74, 6) is -0.733. The van der Waals surface area contributed by atoms with Crippen molar-refractivity contribution in [2.24, 2.45) is 5.92 Å². The largest absolute Gasteiger partial charge is 0.297 e. The predicted molar refractivity (Wildman–Crippen MR) is 62.0 cm³/mol. The van der Waals surface area contributed by atoms with Crippen molar-refractivity contribution in [3.63, 3.8) is 0 Å². The Balaban J connectivity index is 1.99. The molecule has 0 saturated heterocycles. The first-order chi connectivity index (χ1) is 8.38. The molecule has 2 rings (SSSR count). The Morgan fingerprint density at radius 1 is 1.22 bits per heavy atom. The SMILES string of the molecule is Cc1ccc(S(=O)(=O)OC2CC(C(F)F)C2)cc1. The van der Waals surface area contributed by atoms with Gasteiger partial charge in [0.2, 0.25) is 6.43 Å². The van der Waals surface area contributed by atoms with E-state index in [9.17, 15) is 17.2 Å². The molecule has 0 atom stereocenters. The monoisotopic (exact) mass is 276 g/mol. The average molecular weight is 276 g/mol. The molecule has 1 fully saturated rings. The molecule has 1 aromatic rings. The molecule has 18 heavy (non-hydrogen) atoms. The highest BCUT2D eigenvalue weighted by Gasteiger charge is 2.39. The molecule has 6 heteroatoms. The van der Waals surface area contributed by atoms with Gasteiger partial charge in [0.15, 0.2) is 0 Å². The fraction of sp³-hybridized carbons (Fsp3) is 0.500. The Morgan fingerprint density at radius 3 is 2.28 bits per heavy atom. The number of alkyl halides is 2. The summed E-state index contributed by atoms with van der Waals surface area (Å²) in [5, 5.41) is 0. The lowest BCUT2D eigenvalue weighted by molar-refractivity contribution is -0.0305. The van der Waals surface area contributed by atoms with E-state index in [4.69, 9.17) is 4.18 Å². The van der Waals surface area contributed by atoms with Crippen LogP contribution in [0.15, 0.2) is 29.2 Å². The summed E-state index contributed by atoms with van der Waals surface area (Å²) in [6.07, 6.45) is -2.81. The van der Waals surface area contributed by atoms with Gasteiger partial charge in [-0.15, -0.1) is 0 Å². The van der Waals surface area contributed by atoms with Crippen molar-refractivity contribution >= 4 is 10.1 Å². The van der Waals surface area contributed by atoms with E-state index >= 15 is 0 Å². The lowest BCUT2D eigenvalue weighted by Crippen LogP contribution is -2.36. The van der Waals surface area contributed by atoms with Crippen molar-refractivity contribution in [3.05, 3.63) is 29.8 Å². The van der Waals surface area contributed by atoms with Gasteiger partial charge in [-0.1, -0.05) is 17.7 Å². The molecule has 3 nitrogen and oxygen atoms in total. The minimum Gasteiger partial charge on any atom is -0.263 e. The van der Waals surface area contributed by atoms with Crippen LogP contribution in [0.2, 0.25) is 0 Å². The topological polar surface area (TPSA) is 43.4 Å². The van der Waals surface area contributed by atoms with Gasteiger partial charge < -0.3 is 0 Å². The highest BCUT2D eigenvalue weighted by Crippen LogP contribution is 2.36. The Hall–Kier alpha value is -1.01. The van der Waals surface area contributed by atoms with Gasteiger partial charge in [0.05, 0.1) is 11.0 Å². The second-order valence-corrected chi connectivity index (χ2v) is 6.12. The first-order valence-electron chi connectivity index (χ1n) is 5.66. The minimum atomic E-state index is -3.83. The molecule has 0 unspecified atom stereocenters. The third-order valence-corrected chi connectivity index (χ3v) is 4.44. The summed E-state index contributed by atoms with van der Waals surface area (Å²) in [4.78, 5) is 0.0635. The maximum Gasteiger partial charge on any atom is 0.297 e. The molecule has 0 heterocycles. The third kappa shape index (κ3) is 2.87. The molecule has 1 aliphatic carbocycles. The quantitative estimate of drug-likeness (QED) is 0.794. The highest BCUT2D eigenvalue weighted by atomic mass is 32.2. The zero-order valence-corrected chi connectivity index (χ0v) is 10.7. The van der Waals surface area contributed by atoms with Gasteiger partial charge in [-0.2, -0.15) is 8.42 Å². The van der Waals surface area contributed by atoms with Crippen LogP contribution < -0.4 is 0 Å². The van der Waals surface area contributed by atoms with Crippen LogP contribution in [0.25, 0.3) is 0 Å². The normalized spacial score (nSPS) is 24.0. The summed E-state index contributed by atoms with van der Waals surface area (Å²) in [7, 11) is -3.83. The fourth-order valence-corrected chi connectivity index (χ4v) is 2.93. The molecule has 0 N–H and O–H groups in total. The van der Waals surface area contributed by atoms with Crippen LogP contribution in [0.4, 0.5) is 8.78 Å². The standard InChI is InChI=1S/C12H14F2O3S/c1-8-2-4-11(5-3-8)18(15,16)17-10-6-9(7-10)12(13)14/h2-5,9-10,12H,6-7H2,1H3. The van der Waals surface area contributed by atoms with Crippen LogP contribution >= 0.6 is 0 Å². The second kappa shape index (κ2) is 4.93. The summed E-state index contributed by atoms with van der Waals surface area (Å²) >= 11 is 0. The summed E-state index contributed by atoms with van der Waals surface area (Å²) in [5.41, 5.74) is 0.940. The molecule has 0 amide bonds. The van der Waals surface area contributed by atoms with E-state index in [1.165, 1.54) is 12.1 Å². The number of benzene rings is 1. The highest BCUT2D eigenvalue weighted by molar-refractivity contribution is 7.86. The van der Waals surface area contributed by atoms with Gasteiger partial charge in [-0.3, -0.25) is 4.18 Å². The lowest BCUT2D eigenvalue weighted by atomic mass is 9.83. The summed E-state index contributed by atoms with van der Waals surface area (Å²) in [6.45, 7) is 1.84. The van der Waals surface area contributed by atoms with E-state index in [2.05, 4.69) is 0 Å². The van der Waals surface area contributed by atoms with E-state index in [-0.39, 0.29) is 17.7 Å². The van der Waals surface area contributed by atoms with Crippen LogP contribution in [0.3, 0.4) is 0 Å².